The molecule has 1 fully saturated rings. The second-order valence-corrected chi connectivity index (χ2v) is 5.43. The van der Waals surface area contributed by atoms with E-state index in [1.807, 2.05) is 24.4 Å². The molecule has 1 aliphatic heterocycles. The second kappa shape index (κ2) is 9.09. The summed E-state index contributed by atoms with van der Waals surface area (Å²) in [5.74, 6) is -1.24. The zero-order valence-corrected chi connectivity index (χ0v) is 13.0. The fraction of sp³-hybridized carbons (Fsp3) is 0.533. The summed E-state index contributed by atoms with van der Waals surface area (Å²) in [6, 6.07) is 5.99. The minimum atomic E-state index is -5.08. The van der Waals surface area contributed by atoms with Gasteiger partial charge in [-0.2, -0.15) is 13.2 Å². The van der Waals surface area contributed by atoms with Gasteiger partial charge in [0.15, 0.2) is 0 Å². The maximum Gasteiger partial charge on any atom is 0.490 e. The standard InChI is InChI=1S/C13H19N3O.C2HF3O2/c14-12(17)5-4-11-6-9-16(10-7-11)13-3-1-2-8-15-13;3-2(4,5)1(6)7/h1-3,8,11H,4-7,9-10H2,(H2,14,17);(H,6,7). The molecule has 0 radical (unpaired) electrons. The molecule has 24 heavy (non-hydrogen) atoms. The molecule has 0 aromatic carbocycles. The number of hydrogen-bond donors (Lipinski definition) is 2. The maximum atomic E-state index is 10.7. The number of alkyl halides is 3. The van der Waals surface area contributed by atoms with Crippen LogP contribution in [0.25, 0.3) is 0 Å². The summed E-state index contributed by atoms with van der Waals surface area (Å²) < 4.78 is 31.7. The Labute approximate surface area is 137 Å². The van der Waals surface area contributed by atoms with Gasteiger partial charge in [0, 0.05) is 25.7 Å². The number of amides is 1. The molecular weight excluding hydrogens is 327 g/mol. The molecule has 1 amide bonds. The molecule has 0 bridgehead atoms. The Hall–Kier alpha value is -2.32. The van der Waals surface area contributed by atoms with E-state index in [1.165, 1.54) is 0 Å². The zero-order valence-electron chi connectivity index (χ0n) is 13.0. The highest BCUT2D eigenvalue weighted by molar-refractivity contribution is 5.73. The lowest BCUT2D eigenvalue weighted by Gasteiger charge is -2.32. The van der Waals surface area contributed by atoms with Crippen LogP contribution < -0.4 is 10.6 Å². The fourth-order valence-corrected chi connectivity index (χ4v) is 2.34. The molecule has 1 aromatic heterocycles. The first-order chi connectivity index (χ1) is 11.2. The number of piperidine rings is 1. The van der Waals surface area contributed by atoms with Crippen molar-refractivity contribution in [1.29, 1.82) is 0 Å². The van der Waals surface area contributed by atoms with Crippen LogP contribution in [-0.2, 0) is 9.59 Å². The normalized spacial score (nSPS) is 15.4. The number of carboxylic acid groups (broad SMARTS) is 1. The Kier molecular flexibility index (Phi) is 7.47. The van der Waals surface area contributed by atoms with Crippen molar-refractivity contribution < 1.29 is 27.9 Å². The largest absolute Gasteiger partial charge is 0.490 e. The number of carboxylic acids is 1. The summed E-state index contributed by atoms with van der Waals surface area (Å²) in [4.78, 5) is 26.3. The van der Waals surface area contributed by atoms with Gasteiger partial charge in [0.25, 0.3) is 0 Å². The van der Waals surface area contributed by atoms with Gasteiger partial charge in [0.2, 0.25) is 5.91 Å². The monoisotopic (exact) mass is 347 g/mol. The van der Waals surface area contributed by atoms with E-state index in [9.17, 15) is 18.0 Å². The number of anilines is 1. The van der Waals surface area contributed by atoms with Crippen molar-refractivity contribution in [2.45, 2.75) is 31.9 Å². The molecule has 134 valence electrons. The summed E-state index contributed by atoms with van der Waals surface area (Å²) in [6.45, 7) is 2.06. The average Bonchev–Trinajstić information content (AvgIpc) is 2.54. The molecule has 1 saturated heterocycles. The Morgan fingerprint density at radius 1 is 1.29 bits per heavy atom. The van der Waals surface area contributed by atoms with Crippen molar-refractivity contribution >= 4 is 17.7 Å². The first kappa shape index (κ1) is 19.7. The number of carbonyl (C=O) groups is 2. The minimum absolute atomic E-state index is 0.183. The molecule has 6 nitrogen and oxygen atoms in total. The molecule has 1 aromatic rings. The first-order valence-electron chi connectivity index (χ1n) is 7.44. The van der Waals surface area contributed by atoms with Crippen LogP contribution in [-0.4, -0.2) is 41.2 Å². The molecule has 1 aliphatic rings. The fourth-order valence-electron chi connectivity index (χ4n) is 2.34. The van der Waals surface area contributed by atoms with E-state index in [0.717, 1.165) is 38.2 Å². The summed E-state index contributed by atoms with van der Waals surface area (Å²) >= 11 is 0. The van der Waals surface area contributed by atoms with Crippen molar-refractivity contribution in [3.05, 3.63) is 24.4 Å². The van der Waals surface area contributed by atoms with E-state index in [1.54, 1.807) is 0 Å². The summed E-state index contributed by atoms with van der Waals surface area (Å²) in [5.41, 5.74) is 5.17. The first-order valence-corrected chi connectivity index (χ1v) is 7.44. The van der Waals surface area contributed by atoms with Gasteiger partial charge >= 0.3 is 12.1 Å². The molecule has 9 heteroatoms. The van der Waals surface area contributed by atoms with Crippen LogP contribution in [0.3, 0.4) is 0 Å². The van der Waals surface area contributed by atoms with Gasteiger partial charge in [0.1, 0.15) is 5.82 Å². The van der Waals surface area contributed by atoms with Crippen LogP contribution in [0.5, 0.6) is 0 Å². The van der Waals surface area contributed by atoms with Crippen LogP contribution in [0.2, 0.25) is 0 Å². The maximum absolute atomic E-state index is 10.7. The van der Waals surface area contributed by atoms with Crippen molar-refractivity contribution in [3.63, 3.8) is 0 Å². The average molecular weight is 347 g/mol. The SMILES string of the molecule is NC(=O)CCC1CCN(c2ccccn2)CC1.O=C(O)C(F)(F)F. The summed E-state index contributed by atoms with van der Waals surface area (Å²) in [7, 11) is 0. The van der Waals surface area contributed by atoms with Gasteiger partial charge in [-0.1, -0.05) is 6.07 Å². The number of carbonyl (C=O) groups excluding carboxylic acids is 1. The van der Waals surface area contributed by atoms with E-state index in [2.05, 4.69) is 9.88 Å². The summed E-state index contributed by atoms with van der Waals surface area (Å²) in [6.07, 6.45) is 0.460. The number of aromatic nitrogens is 1. The molecule has 0 aliphatic carbocycles. The van der Waals surface area contributed by atoms with Crippen LogP contribution >= 0.6 is 0 Å². The number of pyridine rings is 1. The predicted molar refractivity (Wildman–Crippen MR) is 81.3 cm³/mol. The highest BCUT2D eigenvalue weighted by Crippen LogP contribution is 2.24. The second-order valence-electron chi connectivity index (χ2n) is 5.43. The highest BCUT2D eigenvalue weighted by Gasteiger charge is 2.38. The number of halogens is 3. The topological polar surface area (TPSA) is 96.5 Å². The lowest BCUT2D eigenvalue weighted by atomic mass is 9.92. The molecular formula is C15H20F3N3O3. The van der Waals surface area contributed by atoms with Crippen LogP contribution in [0.4, 0.5) is 19.0 Å². The number of primary amides is 1. The molecule has 0 saturated carbocycles. The van der Waals surface area contributed by atoms with Crippen LogP contribution in [0.15, 0.2) is 24.4 Å². The van der Waals surface area contributed by atoms with Gasteiger partial charge in [-0.05, 0) is 37.3 Å². The number of aliphatic carboxylic acids is 1. The zero-order chi connectivity index (χ0) is 18.2. The highest BCUT2D eigenvalue weighted by atomic mass is 19.4. The van der Waals surface area contributed by atoms with Gasteiger partial charge in [-0.3, -0.25) is 4.79 Å². The summed E-state index contributed by atoms with van der Waals surface area (Å²) in [5, 5.41) is 7.12. The number of rotatable bonds is 4. The van der Waals surface area contributed by atoms with Crippen molar-refractivity contribution in [2.24, 2.45) is 11.7 Å². The Balaban J connectivity index is 0.000000351. The molecule has 0 atom stereocenters. The third-order valence-electron chi connectivity index (χ3n) is 3.63. The smallest absolute Gasteiger partial charge is 0.475 e. The van der Waals surface area contributed by atoms with Crippen molar-refractivity contribution in [3.8, 4) is 0 Å². The van der Waals surface area contributed by atoms with Gasteiger partial charge in [-0.25, -0.2) is 9.78 Å². The van der Waals surface area contributed by atoms with Crippen LogP contribution in [0, 0.1) is 5.92 Å². The molecule has 0 unspecified atom stereocenters. The van der Waals surface area contributed by atoms with Gasteiger partial charge < -0.3 is 15.7 Å². The van der Waals surface area contributed by atoms with E-state index >= 15 is 0 Å². The quantitative estimate of drug-likeness (QED) is 0.870. The van der Waals surface area contributed by atoms with Crippen LogP contribution in [0.1, 0.15) is 25.7 Å². The van der Waals surface area contributed by atoms with Crippen molar-refractivity contribution in [2.75, 3.05) is 18.0 Å². The van der Waals surface area contributed by atoms with Gasteiger partial charge in [-0.15, -0.1) is 0 Å². The Morgan fingerprint density at radius 2 is 1.88 bits per heavy atom. The predicted octanol–water partition coefficient (Wildman–Crippen LogP) is 2.20. The number of hydrogen-bond acceptors (Lipinski definition) is 4. The molecule has 2 heterocycles. The molecule has 3 N–H and O–H groups in total. The third-order valence-corrected chi connectivity index (χ3v) is 3.63. The van der Waals surface area contributed by atoms with Crippen molar-refractivity contribution in [1.82, 2.24) is 4.98 Å². The number of nitrogens with two attached hydrogens (primary N) is 1. The third kappa shape index (κ3) is 7.30. The van der Waals surface area contributed by atoms with E-state index in [4.69, 9.17) is 15.6 Å². The molecule has 2 rings (SSSR count). The van der Waals surface area contributed by atoms with Gasteiger partial charge in [0.05, 0.1) is 0 Å². The Bertz CT molecular complexity index is 530. The Morgan fingerprint density at radius 3 is 2.29 bits per heavy atom. The minimum Gasteiger partial charge on any atom is -0.475 e. The number of nitrogens with zero attached hydrogens (tertiary/aromatic N) is 2. The van der Waals surface area contributed by atoms with E-state index < -0.39 is 12.1 Å². The molecule has 0 spiro atoms. The van der Waals surface area contributed by atoms with E-state index in [-0.39, 0.29) is 5.91 Å². The lowest BCUT2D eigenvalue weighted by Crippen LogP contribution is -2.34. The van der Waals surface area contributed by atoms with E-state index in [0.29, 0.717) is 12.3 Å². The lowest BCUT2D eigenvalue weighted by molar-refractivity contribution is -0.192.